The maximum absolute atomic E-state index is 11.5. The minimum Gasteiger partial charge on any atom is -0.356 e. The van der Waals surface area contributed by atoms with E-state index in [-0.39, 0.29) is 5.91 Å². The molecule has 1 saturated heterocycles. The SMILES string of the molecule is CCC1CCCCC1NC1CCCNC(=O)C1. The summed E-state index contributed by atoms with van der Waals surface area (Å²) < 4.78 is 0. The second-order valence-electron chi connectivity index (χ2n) is 5.62. The molecular weight excluding hydrogens is 212 g/mol. The largest absolute Gasteiger partial charge is 0.356 e. The molecule has 2 fully saturated rings. The molecule has 0 radical (unpaired) electrons. The molecule has 0 aromatic carbocycles. The van der Waals surface area contributed by atoms with Gasteiger partial charge in [-0.1, -0.05) is 26.2 Å². The summed E-state index contributed by atoms with van der Waals surface area (Å²) in [6, 6.07) is 1.07. The van der Waals surface area contributed by atoms with E-state index in [4.69, 9.17) is 0 Å². The van der Waals surface area contributed by atoms with Crippen molar-refractivity contribution in [2.45, 2.75) is 70.4 Å². The van der Waals surface area contributed by atoms with E-state index in [1.165, 1.54) is 32.1 Å². The van der Waals surface area contributed by atoms with Crippen LogP contribution in [0.2, 0.25) is 0 Å². The zero-order chi connectivity index (χ0) is 12.1. The minimum atomic E-state index is 0.226. The maximum Gasteiger partial charge on any atom is 0.221 e. The normalized spacial score (nSPS) is 35.1. The topological polar surface area (TPSA) is 41.1 Å². The molecule has 2 N–H and O–H groups in total. The van der Waals surface area contributed by atoms with Gasteiger partial charge in [-0.3, -0.25) is 4.79 Å². The summed E-state index contributed by atoms with van der Waals surface area (Å²) in [7, 11) is 0. The van der Waals surface area contributed by atoms with E-state index in [1.54, 1.807) is 0 Å². The molecule has 17 heavy (non-hydrogen) atoms. The molecule has 98 valence electrons. The number of nitrogens with one attached hydrogen (secondary N) is 2. The second kappa shape index (κ2) is 6.39. The van der Waals surface area contributed by atoms with Gasteiger partial charge in [-0.15, -0.1) is 0 Å². The van der Waals surface area contributed by atoms with Crippen LogP contribution >= 0.6 is 0 Å². The van der Waals surface area contributed by atoms with E-state index >= 15 is 0 Å². The standard InChI is InChI=1S/C14H26N2O/c1-2-11-6-3-4-8-13(11)16-12-7-5-9-15-14(17)10-12/h11-13,16H,2-10H2,1H3,(H,15,17). The van der Waals surface area contributed by atoms with Crippen LogP contribution in [-0.2, 0) is 4.79 Å². The van der Waals surface area contributed by atoms with E-state index in [0.717, 1.165) is 25.3 Å². The number of rotatable bonds is 3. The molecule has 1 saturated carbocycles. The predicted molar refractivity (Wildman–Crippen MR) is 69.8 cm³/mol. The summed E-state index contributed by atoms with van der Waals surface area (Å²) >= 11 is 0. The van der Waals surface area contributed by atoms with Crippen molar-refractivity contribution in [3.63, 3.8) is 0 Å². The van der Waals surface area contributed by atoms with Crippen molar-refractivity contribution in [2.75, 3.05) is 6.54 Å². The Labute approximate surface area is 105 Å². The lowest BCUT2D eigenvalue weighted by Gasteiger charge is -2.34. The molecule has 3 nitrogen and oxygen atoms in total. The highest BCUT2D eigenvalue weighted by atomic mass is 16.1. The molecule has 3 unspecified atom stereocenters. The Kier molecular flexibility index (Phi) is 4.84. The van der Waals surface area contributed by atoms with Gasteiger partial charge in [0, 0.05) is 25.0 Å². The van der Waals surface area contributed by atoms with Crippen molar-refractivity contribution in [1.82, 2.24) is 10.6 Å². The molecule has 3 heteroatoms. The first-order valence-corrected chi connectivity index (χ1v) is 7.32. The van der Waals surface area contributed by atoms with Gasteiger partial charge in [-0.2, -0.15) is 0 Å². The van der Waals surface area contributed by atoms with Gasteiger partial charge in [0.25, 0.3) is 0 Å². The van der Waals surface area contributed by atoms with Crippen LogP contribution in [0, 0.1) is 5.92 Å². The first-order chi connectivity index (χ1) is 8.29. The van der Waals surface area contributed by atoms with Crippen LogP contribution in [0.4, 0.5) is 0 Å². The maximum atomic E-state index is 11.5. The van der Waals surface area contributed by atoms with Gasteiger partial charge in [0.1, 0.15) is 0 Å². The number of carbonyl (C=O) groups is 1. The molecule has 0 spiro atoms. The van der Waals surface area contributed by atoms with Crippen LogP contribution in [0.25, 0.3) is 0 Å². The third kappa shape index (κ3) is 3.70. The van der Waals surface area contributed by atoms with Gasteiger partial charge in [-0.25, -0.2) is 0 Å². The minimum absolute atomic E-state index is 0.226. The Hall–Kier alpha value is -0.570. The van der Waals surface area contributed by atoms with Crippen LogP contribution < -0.4 is 10.6 Å². The van der Waals surface area contributed by atoms with Gasteiger partial charge >= 0.3 is 0 Å². The molecule has 3 atom stereocenters. The first-order valence-electron chi connectivity index (χ1n) is 7.32. The lowest BCUT2D eigenvalue weighted by atomic mass is 9.82. The van der Waals surface area contributed by atoms with Gasteiger partial charge in [-0.05, 0) is 31.6 Å². The van der Waals surface area contributed by atoms with Crippen molar-refractivity contribution in [2.24, 2.45) is 5.92 Å². The Morgan fingerprint density at radius 3 is 2.88 bits per heavy atom. The zero-order valence-corrected chi connectivity index (χ0v) is 11.0. The van der Waals surface area contributed by atoms with E-state index < -0.39 is 0 Å². The predicted octanol–water partition coefficient (Wildman–Crippen LogP) is 2.21. The first kappa shape index (κ1) is 12.9. The number of carbonyl (C=O) groups excluding carboxylic acids is 1. The smallest absolute Gasteiger partial charge is 0.221 e. The molecule has 2 rings (SSSR count). The zero-order valence-electron chi connectivity index (χ0n) is 11.0. The van der Waals surface area contributed by atoms with Gasteiger partial charge < -0.3 is 10.6 Å². The Bertz CT molecular complexity index is 255. The summed E-state index contributed by atoms with van der Waals surface area (Å²) in [5, 5.41) is 6.73. The van der Waals surface area contributed by atoms with E-state index in [0.29, 0.717) is 18.5 Å². The monoisotopic (exact) mass is 238 g/mol. The lowest BCUT2D eigenvalue weighted by molar-refractivity contribution is -0.121. The van der Waals surface area contributed by atoms with E-state index in [9.17, 15) is 4.79 Å². The second-order valence-corrected chi connectivity index (χ2v) is 5.62. The number of hydrogen-bond donors (Lipinski definition) is 2. The van der Waals surface area contributed by atoms with E-state index in [2.05, 4.69) is 17.6 Å². The van der Waals surface area contributed by atoms with Crippen molar-refractivity contribution < 1.29 is 4.79 Å². The highest BCUT2D eigenvalue weighted by Gasteiger charge is 2.27. The third-order valence-electron chi connectivity index (χ3n) is 4.37. The average molecular weight is 238 g/mol. The number of amides is 1. The fourth-order valence-electron chi connectivity index (χ4n) is 3.34. The fraction of sp³-hybridized carbons (Fsp3) is 0.929. The van der Waals surface area contributed by atoms with Crippen LogP contribution in [0.15, 0.2) is 0 Å². The average Bonchev–Trinajstić information content (AvgIpc) is 2.54. The summed E-state index contributed by atoms with van der Waals surface area (Å²) in [6.07, 6.45) is 9.63. The van der Waals surface area contributed by atoms with Gasteiger partial charge in [0.05, 0.1) is 0 Å². The number of hydrogen-bond acceptors (Lipinski definition) is 2. The van der Waals surface area contributed by atoms with Gasteiger partial charge in [0.2, 0.25) is 5.91 Å². The Morgan fingerprint density at radius 1 is 1.24 bits per heavy atom. The summed E-state index contributed by atoms with van der Waals surface area (Å²) in [5.74, 6) is 1.05. The van der Waals surface area contributed by atoms with Crippen LogP contribution in [0.5, 0.6) is 0 Å². The summed E-state index contributed by atoms with van der Waals surface area (Å²) in [5.41, 5.74) is 0. The molecule has 0 aromatic heterocycles. The van der Waals surface area contributed by atoms with Crippen molar-refractivity contribution >= 4 is 5.91 Å². The van der Waals surface area contributed by atoms with Crippen molar-refractivity contribution in [3.05, 3.63) is 0 Å². The molecule has 1 amide bonds. The molecule has 1 heterocycles. The van der Waals surface area contributed by atoms with Crippen LogP contribution in [-0.4, -0.2) is 24.5 Å². The molecule has 0 aromatic rings. The fourth-order valence-corrected chi connectivity index (χ4v) is 3.34. The molecule has 1 aliphatic heterocycles. The van der Waals surface area contributed by atoms with E-state index in [1.807, 2.05) is 0 Å². The Morgan fingerprint density at radius 2 is 2.06 bits per heavy atom. The summed E-state index contributed by atoms with van der Waals surface area (Å²) in [6.45, 7) is 3.16. The Balaban J connectivity index is 1.87. The quantitative estimate of drug-likeness (QED) is 0.791. The van der Waals surface area contributed by atoms with Crippen molar-refractivity contribution in [1.29, 1.82) is 0 Å². The lowest BCUT2D eigenvalue weighted by Crippen LogP contribution is -2.45. The molecular formula is C14H26N2O. The highest BCUT2D eigenvalue weighted by Crippen LogP contribution is 2.27. The van der Waals surface area contributed by atoms with Crippen molar-refractivity contribution in [3.8, 4) is 0 Å². The molecule has 0 bridgehead atoms. The molecule has 1 aliphatic carbocycles. The van der Waals surface area contributed by atoms with Crippen LogP contribution in [0.1, 0.15) is 58.3 Å². The molecule has 2 aliphatic rings. The summed E-state index contributed by atoms with van der Waals surface area (Å²) in [4.78, 5) is 11.5. The van der Waals surface area contributed by atoms with Crippen LogP contribution in [0.3, 0.4) is 0 Å². The highest BCUT2D eigenvalue weighted by molar-refractivity contribution is 5.76. The van der Waals surface area contributed by atoms with Gasteiger partial charge in [0.15, 0.2) is 0 Å². The third-order valence-corrected chi connectivity index (χ3v) is 4.37.